The first-order chi connectivity index (χ1) is 11.3. The van der Waals surface area contributed by atoms with Gasteiger partial charge in [0.1, 0.15) is 0 Å². The van der Waals surface area contributed by atoms with E-state index >= 15 is 0 Å². The minimum atomic E-state index is -3.70. The minimum absolute atomic E-state index is 0.121. The Balaban J connectivity index is 1.89. The third-order valence-corrected chi connectivity index (χ3v) is 4.99. The molecule has 2 aromatic carbocycles. The molecule has 2 aromatic rings. The standard InChI is InChI=1S/C15H15Cl2N3O3S/c1-10-2-5-12(6-3-10)24(22,23)19-9-18-15(21)20-14-7-4-11(16)8-13(14)17/h2-8,19H,9H2,1H3,(H2,18,20,21). The Hall–Kier alpha value is -1.80. The number of hydrogen-bond donors (Lipinski definition) is 3. The molecule has 0 aliphatic carbocycles. The molecule has 6 nitrogen and oxygen atoms in total. The molecule has 0 atom stereocenters. The van der Waals surface area contributed by atoms with Crippen molar-refractivity contribution >= 4 is 44.9 Å². The summed E-state index contributed by atoms with van der Waals surface area (Å²) in [5.41, 5.74) is 1.31. The molecule has 0 radical (unpaired) electrons. The number of benzene rings is 2. The smallest absolute Gasteiger partial charge is 0.320 e. The molecular weight excluding hydrogens is 373 g/mol. The van der Waals surface area contributed by atoms with Gasteiger partial charge in [-0.1, -0.05) is 40.9 Å². The Kier molecular flexibility index (Phi) is 6.06. The number of carbonyl (C=O) groups is 1. The van der Waals surface area contributed by atoms with Gasteiger partial charge in [0.15, 0.2) is 0 Å². The first kappa shape index (κ1) is 18.5. The first-order valence-corrected chi connectivity index (χ1v) is 9.08. The van der Waals surface area contributed by atoms with Crippen LogP contribution in [0.3, 0.4) is 0 Å². The van der Waals surface area contributed by atoms with E-state index in [4.69, 9.17) is 23.2 Å². The summed E-state index contributed by atoms with van der Waals surface area (Å²) in [6, 6.07) is 10.4. The Morgan fingerprint density at radius 3 is 2.38 bits per heavy atom. The summed E-state index contributed by atoms with van der Waals surface area (Å²) >= 11 is 11.7. The highest BCUT2D eigenvalue weighted by atomic mass is 35.5. The number of rotatable bonds is 5. The van der Waals surface area contributed by atoms with Crippen molar-refractivity contribution < 1.29 is 13.2 Å². The van der Waals surface area contributed by atoms with Crippen LogP contribution >= 0.6 is 23.2 Å². The van der Waals surface area contributed by atoms with Crippen molar-refractivity contribution in [1.82, 2.24) is 10.0 Å². The fourth-order valence-corrected chi connectivity index (χ4v) is 3.15. The van der Waals surface area contributed by atoms with Crippen LogP contribution in [-0.4, -0.2) is 21.1 Å². The Morgan fingerprint density at radius 2 is 1.75 bits per heavy atom. The molecule has 0 aromatic heterocycles. The summed E-state index contributed by atoms with van der Waals surface area (Å²) < 4.78 is 26.4. The van der Waals surface area contributed by atoms with Crippen molar-refractivity contribution in [2.24, 2.45) is 0 Å². The number of urea groups is 1. The van der Waals surface area contributed by atoms with Crippen LogP contribution < -0.4 is 15.4 Å². The Labute approximate surface area is 150 Å². The van der Waals surface area contributed by atoms with E-state index in [9.17, 15) is 13.2 Å². The van der Waals surface area contributed by atoms with Gasteiger partial charge < -0.3 is 10.6 Å². The Morgan fingerprint density at radius 1 is 1.08 bits per heavy atom. The van der Waals surface area contributed by atoms with Gasteiger partial charge in [-0.25, -0.2) is 13.2 Å². The monoisotopic (exact) mass is 387 g/mol. The summed E-state index contributed by atoms with van der Waals surface area (Å²) in [6.45, 7) is 1.59. The average molecular weight is 388 g/mol. The van der Waals surface area contributed by atoms with E-state index in [2.05, 4.69) is 15.4 Å². The highest BCUT2D eigenvalue weighted by molar-refractivity contribution is 7.89. The van der Waals surface area contributed by atoms with Gasteiger partial charge in [0.2, 0.25) is 10.0 Å². The molecule has 0 fully saturated rings. The molecule has 2 rings (SSSR count). The van der Waals surface area contributed by atoms with Gasteiger partial charge >= 0.3 is 6.03 Å². The summed E-state index contributed by atoms with van der Waals surface area (Å²) in [4.78, 5) is 11.9. The highest BCUT2D eigenvalue weighted by Crippen LogP contribution is 2.25. The van der Waals surface area contributed by atoms with Gasteiger partial charge in [-0.2, -0.15) is 4.72 Å². The zero-order valence-corrected chi connectivity index (χ0v) is 15.0. The maximum Gasteiger partial charge on any atom is 0.320 e. The quantitative estimate of drug-likeness (QED) is 0.687. The topological polar surface area (TPSA) is 87.3 Å². The second-order valence-electron chi connectivity index (χ2n) is 4.89. The predicted octanol–water partition coefficient (Wildman–Crippen LogP) is 3.36. The molecule has 3 N–H and O–H groups in total. The molecular formula is C15H15Cl2N3O3S. The maximum absolute atomic E-state index is 12.1. The van der Waals surface area contributed by atoms with Gasteiger partial charge in [0, 0.05) is 5.02 Å². The van der Waals surface area contributed by atoms with Crippen LogP contribution in [0.1, 0.15) is 5.56 Å². The van der Waals surface area contributed by atoms with E-state index in [1.165, 1.54) is 18.2 Å². The molecule has 2 amide bonds. The van der Waals surface area contributed by atoms with Crippen LogP contribution in [0, 0.1) is 6.92 Å². The van der Waals surface area contributed by atoms with Gasteiger partial charge in [-0.15, -0.1) is 0 Å². The lowest BCUT2D eigenvalue weighted by molar-refractivity contribution is 0.252. The van der Waals surface area contributed by atoms with E-state index < -0.39 is 16.1 Å². The average Bonchev–Trinajstić information content (AvgIpc) is 2.50. The fraction of sp³-hybridized carbons (Fsp3) is 0.133. The van der Waals surface area contributed by atoms with Gasteiger partial charge in [0.05, 0.1) is 22.3 Å². The minimum Gasteiger partial charge on any atom is -0.324 e. The summed E-state index contributed by atoms with van der Waals surface area (Å²) in [7, 11) is -3.70. The maximum atomic E-state index is 12.1. The lowest BCUT2D eigenvalue weighted by atomic mass is 10.2. The number of carbonyl (C=O) groups excluding carboxylic acids is 1. The third kappa shape index (κ3) is 5.10. The number of nitrogens with one attached hydrogen (secondary N) is 3. The third-order valence-electron chi connectivity index (χ3n) is 3.02. The molecule has 0 saturated heterocycles. The van der Waals surface area contributed by atoms with Gasteiger partial charge in [-0.05, 0) is 37.3 Å². The van der Waals surface area contributed by atoms with E-state index in [1.54, 1.807) is 24.3 Å². The molecule has 0 bridgehead atoms. The van der Waals surface area contributed by atoms with E-state index in [-0.39, 0.29) is 16.6 Å². The van der Waals surface area contributed by atoms with Crippen LogP contribution in [-0.2, 0) is 10.0 Å². The fourth-order valence-electron chi connectivity index (χ4n) is 1.77. The lowest BCUT2D eigenvalue weighted by Gasteiger charge is -2.11. The molecule has 24 heavy (non-hydrogen) atoms. The number of amides is 2. The molecule has 0 spiro atoms. The van der Waals surface area contributed by atoms with Crippen LogP contribution in [0.5, 0.6) is 0 Å². The van der Waals surface area contributed by atoms with Crippen molar-refractivity contribution in [3.63, 3.8) is 0 Å². The van der Waals surface area contributed by atoms with Crippen LogP contribution in [0.25, 0.3) is 0 Å². The van der Waals surface area contributed by atoms with Gasteiger partial charge in [-0.3, -0.25) is 0 Å². The molecule has 0 heterocycles. The van der Waals surface area contributed by atoms with Crippen LogP contribution in [0.15, 0.2) is 47.4 Å². The summed E-state index contributed by atoms with van der Waals surface area (Å²) in [6.07, 6.45) is 0. The highest BCUT2D eigenvalue weighted by Gasteiger charge is 2.13. The van der Waals surface area contributed by atoms with Crippen molar-refractivity contribution in [2.45, 2.75) is 11.8 Å². The summed E-state index contributed by atoms with van der Waals surface area (Å²) in [5, 5.41) is 5.59. The molecule has 0 aliphatic heterocycles. The molecule has 0 saturated carbocycles. The molecule has 0 unspecified atom stereocenters. The molecule has 128 valence electrons. The second kappa shape index (κ2) is 7.85. The van der Waals surface area contributed by atoms with Crippen molar-refractivity contribution in [3.8, 4) is 0 Å². The van der Waals surface area contributed by atoms with Crippen molar-refractivity contribution in [3.05, 3.63) is 58.1 Å². The SMILES string of the molecule is Cc1ccc(S(=O)(=O)NCNC(=O)Nc2ccc(Cl)cc2Cl)cc1. The van der Waals surface area contributed by atoms with E-state index in [0.29, 0.717) is 10.7 Å². The Bertz CT molecular complexity index is 840. The number of halogens is 2. The largest absolute Gasteiger partial charge is 0.324 e. The van der Waals surface area contributed by atoms with Crippen molar-refractivity contribution in [2.75, 3.05) is 12.0 Å². The van der Waals surface area contributed by atoms with Crippen LogP contribution in [0.4, 0.5) is 10.5 Å². The van der Waals surface area contributed by atoms with Crippen molar-refractivity contribution in [1.29, 1.82) is 0 Å². The predicted molar refractivity (Wildman–Crippen MR) is 95.0 cm³/mol. The van der Waals surface area contributed by atoms with Crippen LogP contribution in [0.2, 0.25) is 10.0 Å². The second-order valence-corrected chi connectivity index (χ2v) is 7.50. The van der Waals surface area contributed by atoms with E-state index in [1.807, 2.05) is 6.92 Å². The zero-order valence-electron chi connectivity index (χ0n) is 12.6. The lowest BCUT2D eigenvalue weighted by Crippen LogP contribution is -2.39. The van der Waals surface area contributed by atoms with Gasteiger partial charge in [0.25, 0.3) is 0 Å². The number of aryl methyl sites for hydroxylation is 1. The zero-order chi connectivity index (χ0) is 17.7. The number of sulfonamides is 1. The number of hydrogen-bond acceptors (Lipinski definition) is 3. The molecule has 0 aliphatic rings. The summed E-state index contributed by atoms with van der Waals surface area (Å²) in [5.74, 6) is 0. The van der Waals surface area contributed by atoms with E-state index in [0.717, 1.165) is 5.56 Å². The first-order valence-electron chi connectivity index (χ1n) is 6.84. The number of anilines is 1. The normalized spacial score (nSPS) is 11.1. The molecule has 9 heteroatoms.